The average Bonchev–Trinajstić information content (AvgIpc) is 1.88. The van der Waals surface area contributed by atoms with E-state index in [1.54, 1.807) is 0 Å². The predicted molar refractivity (Wildman–Crippen MR) is 53.7 cm³/mol. The van der Waals surface area contributed by atoms with Gasteiger partial charge in [-0.15, -0.1) is 0 Å². The third-order valence-corrected chi connectivity index (χ3v) is 2.42. The third-order valence-electron chi connectivity index (χ3n) is 1.05. The highest BCUT2D eigenvalue weighted by molar-refractivity contribution is 9.38. The molecule has 0 aliphatic carbocycles. The van der Waals surface area contributed by atoms with Crippen molar-refractivity contribution < 1.29 is 0 Å². The molecule has 0 aromatic heterocycles. The summed E-state index contributed by atoms with van der Waals surface area (Å²) in [6, 6.07) is 10.6. The summed E-state index contributed by atoms with van der Waals surface area (Å²) in [4.78, 5) is 0. The molecule has 10 heavy (non-hydrogen) atoms. The van der Waals surface area contributed by atoms with Crippen LogP contribution in [0, 0.1) is 6.07 Å². The van der Waals surface area contributed by atoms with Crippen molar-refractivity contribution in [1.82, 2.24) is 0 Å². The lowest BCUT2D eigenvalue weighted by Gasteiger charge is -2.10. The summed E-state index contributed by atoms with van der Waals surface area (Å²) in [6.45, 7) is 0. The van der Waals surface area contributed by atoms with E-state index in [2.05, 4.69) is 53.9 Å². The van der Waals surface area contributed by atoms with Gasteiger partial charge in [0.15, 0.2) is 2.14 Å². The van der Waals surface area contributed by atoms with Crippen molar-refractivity contribution in [3.05, 3.63) is 35.9 Å². The first-order valence-electron chi connectivity index (χ1n) is 2.64. The maximum Gasteiger partial charge on any atom is 0.159 e. The molecule has 0 amide bonds. The lowest BCUT2D eigenvalue weighted by atomic mass is 10.2. The van der Waals surface area contributed by atoms with Crippen molar-refractivity contribution in [1.29, 1.82) is 0 Å². The van der Waals surface area contributed by atoms with E-state index in [0.717, 1.165) is 5.56 Å². The van der Waals surface area contributed by atoms with Crippen molar-refractivity contribution in [3.8, 4) is 0 Å². The number of hydrogen-bond donors (Lipinski definition) is 0. The molecule has 3 heteroatoms. The summed E-state index contributed by atoms with van der Waals surface area (Å²) in [5, 5.41) is 0. The van der Waals surface area contributed by atoms with Crippen LogP contribution >= 0.6 is 47.8 Å². The van der Waals surface area contributed by atoms with Crippen LogP contribution in [0.1, 0.15) is 5.56 Å². The SMILES string of the molecule is BrC(Br)(Br)c1cc[c]cc1. The molecule has 0 saturated heterocycles. The van der Waals surface area contributed by atoms with Gasteiger partial charge >= 0.3 is 0 Å². The number of benzene rings is 1. The molecule has 53 valence electrons. The van der Waals surface area contributed by atoms with Crippen molar-refractivity contribution in [2.24, 2.45) is 0 Å². The van der Waals surface area contributed by atoms with E-state index in [9.17, 15) is 0 Å². The first-order valence-corrected chi connectivity index (χ1v) is 5.02. The normalized spacial score (nSPS) is 11.5. The van der Waals surface area contributed by atoms with Gasteiger partial charge in [0.1, 0.15) is 0 Å². The molecule has 0 aliphatic rings. The fraction of sp³-hybridized carbons (Fsp3) is 0.143. The van der Waals surface area contributed by atoms with Gasteiger partial charge in [0.05, 0.1) is 0 Å². The highest BCUT2D eigenvalue weighted by atomic mass is 80.0. The quantitative estimate of drug-likeness (QED) is 0.636. The van der Waals surface area contributed by atoms with Crippen LogP contribution in [0.25, 0.3) is 0 Å². The minimum absolute atomic E-state index is 0.290. The average molecular weight is 328 g/mol. The summed E-state index contributed by atoms with van der Waals surface area (Å²) in [5.74, 6) is 0. The minimum atomic E-state index is -0.290. The first-order chi connectivity index (χ1) is 4.61. The molecule has 1 rings (SSSR count). The highest BCUT2D eigenvalue weighted by Crippen LogP contribution is 2.43. The second kappa shape index (κ2) is 3.37. The zero-order valence-corrected chi connectivity index (χ0v) is 9.70. The van der Waals surface area contributed by atoms with Gasteiger partial charge in [0.2, 0.25) is 0 Å². The van der Waals surface area contributed by atoms with Crippen molar-refractivity contribution in [2.45, 2.75) is 2.14 Å². The maximum absolute atomic E-state index is 3.41. The fourth-order valence-corrected chi connectivity index (χ4v) is 1.37. The van der Waals surface area contributed by atoms with Crippen LogP contribution in [0.3, 0.4) is 0 Å². The third kappa shape index (κ3) is 2.36. The Morgan fingerprint density at radius 1 is 1.10 bits per heavy atom. The van der Waals surface area contributed by atoms with Gasteiger partial charge in [-0.3, -0.25) is 0 Å². The largest absolute Gasteiger partial charge is 0.159 e. The number of hydrogen-bond acceptors (Lipinski definition) is 0. The van der Waals surface area contributed by atoms with Gasteiger partial charge < -0.3 is 0 Å². The van der Waals surface area contributed by atoms with Gasteiger partial charge in [-0.1, -0.05) is 72.1 Å². The van der Waals surface area contributed by atoms with Crippen LogP contribution < -0.4 is 0 Å². The molecule has 0 aliphatic heterocycles. The van der Waals surface area contributed by atoms with Crippen molar-refractivity contribution in [3.63, 3.8) is 0 Å². The molecule has 0 N–H and O–H groups in total. The van der Waals surface area contributed by atoms with Gasteiger partial charge in [0.25, 0.3) is 0 Å². The Balaban J connectivity index is 2.97. The highest BCUT2D eigenvalue weighted by Gasteiger charge is 2.19. The Hall–Kier alpha value is 0.660. The van der Waals surface area contributed by atoms with Crippen LogP contribution in [0.2, 0.25) is 0 Å². The van der Waals surface area contributed by atoms with Crippen LogP contribution in [-0.4, -0.2) is 0 Å². The molecule has 1 aromatic carbocycles. The maximum atomic E-state index is 3.41. The van der Waals surface area contributed by atoms with Crippen LogP contribution in [0.5, 0.6) is 0 Å². The van der Waals surface area contributed by atoms with Crippen molar-refractivity contribution >= 4 is 47.8 Å². The van der Waals surface area contributed by atoms with Gasteiger partial charge in [-0.2, -0.15) is 0 Å². The lowest BCUT2D eigenvalue weighted by Crippen LogP contribution is -1.95. The Morgan fingerprint density at radius 2 is 1.60 bits per heavy atom. The fourth-order valence-electron chi connectivity index (χ4n) is 0.576. The second-order valence-corrected chi connectivity index (χ2v) is 8.55. The van der Waals surface area contributed by atoms with Crippen LogP contribution in [0.15, 0.2) is 24.3 Å². The molecular formula is C7H4Br3. The summed E-state index contributed by atoms with van der Waals surface area (Å²) >= 11 is 10.2. The van der Waals surface area contributed by atoms with E-state index in [0.29, 0.717) is 0 Å². The lowest BCUT2D eigenvalue weighted by molar-refractivity contribution is 1.37. The minimum Gasteiger partial charge on any atom is -0.0553 e. The first kappa shape index (κ1) is 8.75. The van der Waals surface area contributed by atoms with E-state index >= 15 is 0 Å². The van der Waals surface area contributed by atoms with Gasteiger partial charge in [-0.25, -0.2) is 0 Å². The molecule has 0 bridgehead atoms. The van der Waals surface area contributed by atoms with E-state index in [4.69, 9.17) is 0 Å². The molecule has 0 fully saturated rings. The Labute approximate surface area is 85.4 Å². The number of halogens is 3. The zero-order chi connectivity index (χ0) is 7.61. The van der Waals surface area contributed by atoms with E-state index < -0.39 is 0 Å². The molecule has 0 saturated carbocycles. The predicted octanol–water partition coefficient (Wildman–Crippen LogP) is 3.78. The van der Waals surface area contributed by atoms with E-state index in [1.165, 1.54) is 0 Å². The molecule has 1 aromatic rings. The summed E-state index contributed by atoms with van der Waals surface area (Å²) in [7, 11) is 0. The van der Waals surface area contributed by atoms with Gasteiger partial charge in [-0.05, 0) is 11.6 Å². The topological polar surface area (TPSA) is 0 Å². The molecular weight excluding hydrogens is 324 g/mol. The van der Waals surface area contributed by atoms with E-state index in [-0.39, 0.29) is 2.14 Å². The van der Waals surface area contributed by atoms with Gasteiger partial charge in [0, 0.05) is 0 Å². The number of alkyl halides is 3. The smallest absolute Gasteiger partial charge is 0.0553 e. The molecule has 0 nitrogen and oxygen atoms in total. The van der Waals surface area contributed by atoms with E-state index in [1.807, 2.05) is 24.3 Å². The molecule has 0 unspecified atom stereocenters. The molecule has 1 radical (unpaired) electrons. The molecule has 0 spiro atoms. The summed E-state index contributed by atoms with van der Waals surface area (Å²) in [6.07, 6.45) is 0. The van der Waals surface area contributed by atoms with Crippen LogP contribution in [0.4, 0.5) is 0 Å². The van der Waals surface area contributed by atoms with Crippen LogP contribution in [-0.2, 0) is 2.14 Å². The molecule has 0 atom stereocenters. The Morgan fingerprint density at radius 3 is 1.90 bits per heavy atom. The second-order valence-electron chi connectivity index (χ2n) is 1.79. The zero-order valence-electron chi connectivity index (χ0n) is 4.94. The summed E-state index contributed by atoms with van der Waals surface area (Å²) < 4.78 is -0.290. The summed E-state index contributed by atoms with van der Waals surface area (Å²) in [5.41, 5.74) is 1.12. The van der Waals surface area contributed by atoms with Crippen molar-refractivity contribution in [2.75, 3.05) is 0 Å². The standard InChI is InChI=1S/C7H4Br3/c8-7(9,10)6-4-2-1-3-5-6/h2-5H. The number of rotatable bonds is 0. The Bertz CT molecular complexity index is 200. The Kier molecular flexibility index (Phi) is 2.95. The molecule has 0 heterocycles. The monoisotopic (exact) mass is 325 g/mol.